The Morgan fingerprint density at radius 3 is 2.90 bits per heavy atom. The van der Waals surface area contributed by atoms with Crippen molar-refractivity contribution in [3.63, 3.8) is 0 Å². The molecule has 3 rings (SSSR count). The van der Waals surface area contributed by atoms with Crippen LogP contribution in [0, 0.1) is 0 Å². The highest BCUT2D eigenvalue weighted by atomic mass is 32.1. The van der Waals surface area contributed by atoms with E-state index in [0.29, 0.717) is 17.7 Å². The van der Waals surface area contributed by atoms with Gasteiger partial charge in [-0.2, -0.15) is 0 Å². The monoisotopic (exact) mass is 288 g/mol. The van der Waals surface area contributed by atoms with E-state index in [1.807, 2.05) is 36.6 Å². The van der Waals surface area contributed by atoms with Crippen molar-refractivity contribution in [3.8, 4) is 16.2 Å². The number of fused-ring (bicyclic) bond motifs is 1. The molecular formula is C16H16O3S. The molecule has 1 unspecified atom stereocenters. The quantitative estimate of drug-likeness (QED) is 0.689. The Labute approximate surface area is 121 Å². The lowest BCUT2D eigenvalue weighted by Crippen LogP contribution is -2.33. The largest absolute Gasteiger partial charge is 0.424 e. The van der Waals surface area contributed by atoms with Crippen LogP contribution in [0.4, 0.5) is 0 Å². The molecule has 2 aromatic rings. The number of carbonyl (C=O) groups is 1. The van der Waals surface area contributed by atoms with Crippen molar-refractivity contribution in [3.05, 3.63) is 41.3 Å². The number of hydrogen-bond donors (Lipinski definition) is 1. The fraction of sp³-hybridized carbons (Fsp3) is 0.312. The van der Waals surface area contributed by atoms with Gasteiger partial charge in [0.05, 0.1) is 0 Å². The molecule has 20 heavy (non-hydrogen) atoms. The summed E-state index contributed by atoms with van der Waals surface area (Å²) in [4.78, 5) is 13.1. The minimum atomic E-state index is -1.49. The molecule has 2 heterocycles. The molecule has 1 atom stereocenters. The molecule has 0 saturated heterocycles. The van der Waals surface area contributed by atoms with Crippen LogP contribution in [0.5, 0.6) is 5.75 Å². The first-order valence-corrected chi connectivity index (χ1v) is 7.66. The van der Waals surface area contributed by atoms with Crippen LogP contribution in [0.1, 0.15) is 31.7 Å². The maximum atomic E-state index is 12.0. The van der Waals surface area contributed by atoms with Gasteiger partial charge in [-0.05, 0) is 48.1 Å². The van der Waals surface area contributed by atoms with Crippen molar-refractivity contribution < 1.29 is 14.6 Å². The molecule has 1 aromatic heterocycles. The minimum Gasteiger partial charge on any atom is -0.424 e. The number of benzene rings is 1. The van der Waals surface area contributed by atoms with Gasteiger partial charge in [-0.25, -0.2) is 4.79 Å². The van der Waals surface area contributed by atoms with Crippen LogP contribution in [0.15, 0.2) is 35.7 Å². The van der Waals surface area contributed by atoms with Gasteiger partial charge in [0.15, 0.2) is 5.60 Å². The average Bonchev–Trinajstić information content (AvgIpc) is 3.05. The molecule has 0 radical (unpaired) electrons. The lowest BCUT2D eigenvalue weighted by atomic mass is 9.89. The summed E-state index contributed by atoms with van der Waals surface area (Å²) in [6, 6.07) is 9.57. The summed E-state index contributed by atoms with van der Waals surface area (Å²) in [7, 11) is 0. The van der Waals surface area contributed by atoms with Crippen molar-refractivity contribution in [2.75, 3.05) is 0 Å². The molecule has 4 heteroatoms. The van der Waals surface area contributed by atoms with Crippen LogP contribution in [0.3, 0.4) is 0 Å². The Morgan fingerprint density at radius 1 is 1.35 bits per heavy atom. The van der Waals surface area contributed by atoms with Crippen LogP contribution in [0.25, 0.3) is 10.4 Å². The van der Waals surface area contributed by atoms with Crippen molar-refractivity contribution in [1.29, 1.82) is 0 Å². The first kappa shape index (κ1) is 13.3. The van der Waals surface area contributed by atoms with Crippen molar-refractivity contribution >= 4 is 17.3 Å². The highest BCUT2D eigenvalue weighted by Gasteiger charge is 2.47. The van der Waals surface area contributed by atoms with E-state index >= 15 is 0 Å². The number of rotatable bonds is 4. The molecule has 0 spiro atoms. The normalized spacial score (nSPS) is 20.8. The summed E-state index contributed by atoms with van der Waals surface area (Å²) in [6.07, 6.45) is 2.12. The molecule has 0 saturated carbocycles. The van der Waals surface area contributed by atoms with Crippen molar-refractivity contribution in [2.24, 2.45) is 0 Å². The first-order valence-electron chi connectivity index (χ1n) is 6.78. The third-order valence-corrected chi connectivity index (χ3v) is 4.58. The zero-order valence-electron chi connectivity index (χ0n) is 11.3. The van der Waals surface area contributed by atoms with Crippen molar-refractivity contribution in [2.45, 2.75) is 31.8 Å². The Balaban J connectivity index is 2.04. The maximum Gasteiger partial charge on any atom is 0.348 e. The summed E-state index contributed by atoms with van der Waals surface area (Å²) >= 11 is 1.63. The zero-order chi connectivity index (χ0) is 14.2. The van der Waals surface area contributed by atoms with Gasteiger partial charge in [0, 0.05) is 10.4 Å². The molecule has 104 valence electrons. The van der Waals surface area contributed by atoms with E-state index in [0.717, 1.165) is 23.3 Å². The van der Waals surface area contributed by atoms with Crippen LogP contribution < -0.4 is 4.74 Å². The van der Waals surface area contributed by atoms with E-state index < -0.39 is 11.6 Å². The van der Waals surface area contributed by atoms with E-state index in [9.17, 15) is 9.90 Å². The standard InChI is InChI=1S/C16H16O3S/c1-2-3-8-16(18)12-10-11(14-5-4-9-20-14)6-7-13(12)19-15(16)17/h4-7,9-10,18H,2-3,8H2,1H3. The summed E-state index contributed by atoms with van der Waals surface area (Å²) < 4.78 is 5.21. The van der Waals surface area contributed by atoms with Gasteiger partial charge >= 0.3 is 5.97 Å². The molecule has 1 N–H and O–H groups in total. The summed E-state index contributed by atoms with van der Waals surface area (Å²) in [5.41, 5.74) is 0.118. The van der Waals surface area contributed by atoms with Crippen molar-refractivity contribution in [1.82, 2.24) is 0 Å². The maximum absolute atomic E-state index is 12.0. The van der Waals surface area contributed by atoms with E-state index in [1.54, 1.807) is 17.4 Å². The van der Waals surface area contributed by atoms with Crippen LogP contribution in [0.2, 0.25) is 0 Å². The molecule has 0 bridgehead atoms. The Bertz CT molecular complexity index is 633. The third-order valence-electron chi connectivity index (χ3n) is 3.66. The number of aliphatic hydroxyl groups is 1. The summed E-state index contributed by atoms with van der Waals surface area (Å²) in [5.74, 6) is -0.0711. The van der Waals surface area contributed by atoms with Crippen LogP contribution >= 0.6 is 11.3 Å². The molecule has 1 aliphatic heterocycles. The number of thiophene rings is 1. The lowest BCUT2D eigenvalue weighted by Gasteiger charge is -2.19. The summed E-state index contributed by atoms with van der Waals surface area (Å²) in [5, 5.41) is 12.7. The molecule has 3 nitrogen and oxygen atoms in total. The number of ether oxygens (including phenoxy) is 1. The molecule has 0 fully saturated rings. The van der Waals surface area contributed by atoms with E-state index in [2.05, 4.69) is 0 Å². The molecule has 1 aromatic carbocycles. The second-order valence-electron chi connectivity index (χ2n) is 5.04. The van der Waals surface area contributed by atoms with Gasteiger partial charge < -0.3 is 9.84 Å². The molecule has 1 aliphatic rings. The molecule has 0 aliphatic carbocycles. The van der Waals surface area contributed by atoms with Gasteiger partial charge in [0.25, 0.3) is 0 Å². The highest BCUT2D eigenvalue weighted by molar-refractivity contribution is 7.13. The second kappa shape index (κ2) is 5.04. The predicted molar refractivity (Wildman–Crippen MR) is 78.8 cm³/mol. The molecule has 0 amide bonds. The topological polar surface area (TPSA) is 46.5 Å². The van der Waals surface area contributed by atoms with Gasteiger partial charge in [-0.15, -0.1) is 11.3 Å². The van der Waals surface area contributed by atoms with Gasteiger partial charge in [-0.1, -0.05) is 19.4 Å². The van der Waals surface area contributed by atoms with Gasteiger partial charge in [0.1, 0.15) is 5.75 Å². The fourth-order valence-corrected chi connectivity index (χ4v) is 3.23. The Morgan fingerprint density at radius 2 is 2.20 bits per heavy atom. The SMILES string of the molecule is CCCCC1(O)C(=O)Oc2ccc(-c3cccs3)cc21. The Hall–Kier alpha value is -1.65. The van der Waals surface area contributed by atoms with E-state index in [-0.39, 0.29) is 0 Å². The number of unbranched alkanes of at least 4 members (excludes halogenated alkanes) is 1. The van der Waals surface area contributed by atoms with E-state index in [4.69, 9.17) is 4.74 Å². The first-order chi connectivity index (χ1) is 9.65. The lowest BCUT2D eigenvalue weighted by molar-refractivity contribution is -0.152. The number of hydrogen-bond acceptors (Lipinski definition) is 4. The number of carbonyl (C=O) groups excluding carboxylic acids is 1. The summed E-state index contributed by atoms with van der Waals surface area (Å²) in [6.45, 7) is 2.03. The number of esters is 1. The Kier molecular flexibility index (Phi) is 3.36. The smallest absolute Gasteiger partial charge is 0.348 e. The average molecular weight is 288 g/mol. The predicted octanol–water partition coefficient (Wildman–Crippen LogP) is 3.71. The van der Waals surface area contributed by atoms with E-state index in [1.165, 1.54) is 0 Å². The zero-order valence-corrected chi connectivity index (χ0v) is 12.1. The second-order valence-corrected chi connectivity index (χ2v) is 5.99. The molecular weight excluding hydrogens is 272 g/mol. The fourth-order valence-electron chi connectivity index (χ4n) is 2.50. The highest BCUT2D eigenvalue weighted by Crippen LogP contribution is 2.43. The third kappa shape index (κ3) is 2.05. The van der Waals surface area contributed by atoms with Gasteiger partial charge in [-0.3, -0.25) is 0 Å². The minimum absolute atomic E-state index is 0.406. The van der Waals surface area contributed by atoms with Crippen LogP contribution in [-0.2, 0) is 10.4 Å². The van der Waals surface area contributed by atoms with Crippen LogP contribution in [-0.4, -0.2) is 11.1 Å². The van der Waals surface area contributed by atoms with Gasteiger partial charge in [0.2, 0.25) is 0 Å².